The average molecular weight is 651 g/mol. The van der Waals surface area contributed by atoms with Crippen LogP contribution in [0, 0.1) is 23.7 Å². The van der Waals surface area contributed by atoms with Crippen molar-refractivity contribution in [3.63, 3.8) is 0 Å². The molecule has 0 aromatic carbocycles. The van der Waals surface area contributed by atoms with Gasteiger partial charge in [0.15, 0.2) is 0 Å². The highest BCUT2D eigenvalue weighted by Crippen LogP contribution is 2.45. The van der Waals surface area contributed by atoms with Crippen molar-refractivity contribution in [1.29, 1.82) is 0 Å². The molecule has 0 aromatic rings. The average Bonchev–Trinajstić information content (AvgIpc) is 3.99. The number of carbonyl (C=O) groups is 4. The minimum Gasteiger partial charge on any atom is -0.465 e. The van der Waals surface area contributed by atoms with Crippen LogP contribution in [0.25, 0.3) is 0 Å². The van der Waals surface area contributed by atoms with Gasteiger partial charge >= 0.3 is 23.9 Å². The molecule has 8 atom stereocenters. The highest BCUT2D eigenvalue weighted by Gasteiger charge is 2.54. The lowest BCUT2D eigenvalue weighted by Crippen LogP contribution is -2.37. The zero-order valence-corrected chi connectivity index (χ0v) is 28.3. The molecule has 0 aromatic heterocycles. The van der Waals surface area contributed by atoms with Gasteiger partial charge in [0.25, 0.3) is 0 Å². The third-order valence-corrected chi connectivity index (χ3v) is 10.0. The number of esters is 4. The smallest absolute Gasteiger partial charge is 0.309 e. The number of rotatable bonds is 23. The highest BCUT2D eigenvalue weighted by molar-refractivity contribution is 5.83. The van der Waals surface area contributed by atoms with Gasteiger partial charge < -0.3 is 28.4 Å². The molecule has 2 saturated carbocycles. The Kier molecular flexibility index (Phi) is 15.6. The second kappa shape index (κ2) is 19.6. The van der Waals surface area contributed by atoms with Gasteiger partial charge in [0, 0.05) is 0 Å². The maximum atomic E-state index is 12.9. The summed E-state index contributed by atoms with van der Waals surface area (Å²) < 4.78 is 33.4. The van der Waals surface area contributed by atoms with Crippen molar-refractivity contribution >= 4 is 23.9 Å². The first-order valence-electron chi connectivity index (χ1n) is 18.4. The van der Waals surface area contributed by atoms with Crippen LogP contribution >= 0.6 is 0 Å². The van der Waals surface area contributed by atoms with E-state index in [2.05, 4.69) is 13.8 Å². The van der Waals surface area contributed by atoms with Crippen molar-refractivity contribution in [3.05, 3.63) is 0 Å². The van der Waals surface area contributed by atoms with Gasteiger partial charge in [-0.05, 0) is 51.4 Å². The predicted molar refractivity (Wildman–Crippen MR) is 170 cm³/mol. The molecular weight excluding hydrogens is 592 g/mol. The second-order valence-corrected chi connectivity index (χ2v) is 13.7. The first-order valence-corrected chi connectivity index (χ1v) is 18.4. The monoisotopic (exact) mass is 650 g/mol. The van der Waals surface area contributed by atoms with Gasteiger partial charge in [0.05, 0.1) is 74.5 Å². The van der Waals surface area contributed by atoms with Gasteiger partial charge in [-0.3, -0.25) is 19.2 Å². The maximum absolute atomic E-state index is 12.9. The Morgan fingerprint density at radius 2 is 0.652 bits per heavy atom. The minimum absolute atomic E-state index is 0.0655. The number of hydrogen-bond acceptors (Lipinski definition) is 10. The fourth-order valence-corrected chi connectivity index (χ4v) is 6.98. The van der Waals surface area contributed by atoms with E-state index in [0.29, 0.717) is 52.1 Å². The molecule has 0 spiro atoms. The summed E-state index contributed by atoms with van der Waals surface area (Å²) in [6, 6.07) is 0. The Labute approximate surface area is 275 Å². The lowest BCUT2D eigenvalue weighted by molar-refractivity contribution is -0.162. The molecule has 0 bridgehead atoms. The van der Waals surface area contributed by atoms with E-state index in [-0.39, 0.29) is 48.3 Å². The van der Waals surface area contributed by atoms with E-state index >= 15 is 0 Å². The zero-order valence-electron chi connectivity index (χ0n) is 28.3. The Balaban J connectivity index is 1.03. The minimum atomic E-state index is -0.488. The third-order valence-electron chi connectivity index (χ3n) is 10.0. The van der Waals surface area contributed by atoms with Crippen LogP contribution in [-0.2, 0) is 47.6 Å². The highest BCUT2D eigenvalue weighted by atomic mass is 16.6. The summed E-state index contributed by atoms with van der Waals surface area (Å²) in [4.78, 5) is 51.2. The molecule has 2 saturated heterocycles. The van der Waals surface area contributed by atoms with Crippen LogP contribution in [0.3, 0.4) is 0 Å². The van der Waals surface area contributed by atoms with Crippen molar-refractivity contribution in [1.82, 2.24) is 0 Å². The number of fused-ring (bicyclic) bond motifs is 2. The lowest BCUT2D eigenvalue weighted by atomic mass is 9.79. The van der Waals surface area contributed by atoms with Gasteiger partial charge in [-0.2, -0.15) is 0 Å². The number of ether oxygens (including phenoxy) is 6. The Bertz CT molecular complexity index is 892. The van der Waals surface area contributed by atoms with Crippen molar-refractivity contribution in [2.75, 3.05) is 26.4 Å². The van der Waals surface area contributed by atoms with E-state index in [4.69, 9.17) is 28.4 Å². The summed E-state index contributed by atoms with van der Waals surface area (Å²) >= 11 is 0. The normalized spacial score (nSPS) is 29.2. The first kappa shape index (κ1) is 36.6. The summed E-state index contributed by atoms with van der Waals surface area (Å²) in [5.41, 5.74) is 0. The molecule has 2 heterocycles. The van der Waals surface area contributed by atoms with Crippen molar-refractivity contribution in [3.8, 4) is 0 Å². The topological polar surface area (TPSA) is 130 Å². The van der Waals surface area contributed by atoms with Crippen molar-refractivity contribution in [2.45, 2.75) is 154 Å². The molecule has 4 aliphatic rings. The fourth-order valence-electron chi connectivity index (χ4n) is 6.98. The lowest BCUT2D eigenvalue weighted by Gasteiger charge is -2.26. The maximum Gasteiger partial charge on any atom is 0.309 e. The van der Waals surface area contributed by atoms with Crippen LogP contribution in [-0.4, -0.2) is 74.7 Å². The van der Waals surface area contributed by atoms with Crippen LogP contribution in [0.4, 0.5) is 0 Å². The van der Waals surface area contributed by atoms with E-state index in [1.165, 1.54) is 0 Å². The molecule has 4 rings (SSSR count). The summed E-state index contributed by atoms with van der Waals surface area (Å²) in [6.45, 7) is 5.78. The quantitative estimate of drug-likeness (QED) is 0.0542. The molecule has 262 valence electrons. The van der Waals surface area contributed by atoms with Gasteiger partial charge in [0.2, 0.25) is 0 Å². The number of unbranched alkanes of at least 4 members (excludes halogenated alkanes) is 11. The van der Waals surface area contributed by atoms with Gasteiger partial charge in [0.1, 0.15) is 0 Å². The predicted octanol–water partition coefficient (Wildman–Crippen LogP) is 6.25. The SMILES string of the molecule is CCCCCCOC(=O)C1CC2OC2CC1C(=O)OCCCCCCCCOC(=O)C1CC2OC2CC1C(=O)OCCCCCC. The standard InChI is InChI=1S/C36H58O10/c1-3-5-7-13-17-41-33(37)25-21-29-31(45-29)23-27(25)35(39)43-19-15-11-9-10-12-16-20-44-36(40)28-24-32-30(46-32)22-26(28)34(38)42-18-14-8-6-4-2/h25-32H,3-24H2,1-2H3. The van der Waals surface area contributed by atoms with Crippen molar-refractivity contribution < 1.29 is 47.6 Å². The van der Waals surface area contributed by atoms with Crippen LogP contribution in [0.2, 0.25) is 0 Å². The first-order chi connectivity index (χ1) is 22.4. The molecule has 10 nitrogen and oxygen atoms in total. The van der Waals surface area contributed by atoms with E-state index in [0.717, 1.165) is 89.9 Å². The molecule has 2 aliphatic carbocycles. The zero-order chi connectivity index (χ0) is 32.7. The summed E-state index contributed by atoms with van der Waals surface area (Å²) in [6.07, 6.45) is 16.1. The number of epoxide rings is 2. The van der Waals surface area contributed by atoms with Crippen molar-refractivity contribution in [2.24, 2.45) is 23.7 Å². The van der Waals surface area contributed by atoms with Crippen LogP contribution in [0.1, 0.15) is 129 Å². The van der Waals surface area contributed by atoms with E-state index in [9.17, 15) is 19.2 Å². The van der Waals surface area contributed by atoms with Gasteiger partial charge in [-0.1, -0.05) is 78.1 Å². The number of hydrogen-bond donors (Lipinski definition) is 0. The summed E-state index contributed by atoms with van der Waals surface area (Å²) in [7, 11) is 0. The summed E-state index contributed by atoms with van der Waals surface area (Å²) in [5, 5.41) is 0. The van der Waals surface area contributed by atoms with E-state index in [1.54, 1.807) is 0 Å². The van der Waals surface area contributed by atoms with Gasteiger partial charge in [-0.15, -0.1) is 0 Å². The van der Waals surface area contributed by atoms with Crippen LogP contribution in [0.5, 0.6) is 0 Å². The molecule has 46 heavy (non-hydrogen) atoms. The molecular formula is C36H58O10. The Morgan fingerprint density at radius 1 is 0.413 bits per heavy atom. The molecule has 0 radical (unpaired) electrons. The van der Waals surface area contributed by atoms with Crippen LogP contribution in [0.15, 0.2) is 0 Å². The van der Waals surface area contributed by atoms with Crippen LogP contribution < -0.4 is 0 Å². The molecule has 2 aliphatic heterocycles. The Morgan fingerprint density at radius 3 is 0.913 bits per heavy atom. The van der Waals surface area contributed by atoms with Gasteiger partial charge in [-0.25, -0.2) is 0 Å². The largest absolute Gasteiger partial charge is 0.465 e. The second-order valence-electron chi connectivity index (χ2n) is 13.7. The van der Waals surface area contributed by atoms with E-state index < -0.39 is 23.7 Å². The third kappa shape index (κ3) is 11.8. The molecule has 4 fully saturated rings. The van der Waals surface area contributed by atoms with E-state index in [1.807, 2.05) is 0 Å². The molecule has 8 unspecified atom stereocenters. The number of carbonyl (C=O) groups excluding carboxylic acids is 4. The molecule has 10 heteroatoms. The Hall–Kier alpha value is -2.20. The molecule has 0 amide bonds. The summed E-state index contributed by atoms with van der Waals surface area (Å²) in [5.74, 6) is -3.14. The molecule has 0 N–H and O–H groups in total. The fraction of sp³-hybridized carbons (Fsp3) is 0.889.